The Morgan fingerprint density at radius 1 is 0.926 bits per heavy atom. The van der Waals surface area contributed by atoms with Crippen molar-refractivity contribution < 1.29 is 14.2 Å². The van der Waals surface area contributed by atoms with E-state index in [1.807, 2.05) is 6.07 Å². The van der Waals surface area contributed by atoms with Gasteiger partial charge in [0.15, 0.2) is 11.5 Å². The molecule has 0 N–H and O–H groups in total. The fourth-order valence-corrected chi connectivity index (χ4v) is 4.44. The molecule has 5 nitrogen and oxygen atoms in total. The summed E-state index contributed by atoms with van der Waals surface area (Å²) in [5.41, 5.74) is 5.50. The molecular weight excluding hydrogens is 340 g/mol. The van der Waals surface area contributed by atoms with Crippen molar-refractivity contribution >= 4 is 5.69 Å². The summed E-state index contributed by atoms with van der Waals surface area (Å²) in [4.78, 5) is 4.86. The molecule has 0 spiro atoms. The Morgan fingerprint density at radius 3 is 2.67 bits per heavy atom. The van der Waals surface area contributed by atoms with Crippen molar-refractivity contribution in [1.82, 2.24) is 4.90 Å². The maximum Gasteiger partial charge on any atom is 0.231 e. The number of hydrogen-bond donors (Lipinski definition) is 0. The topological polar surface area (TPSA) is 34.2 Å². The smallest absolute Gasteiger partial charge is 0.231 e. The molecule has 1 saturated heterocycles. The van der Waals surface area contributed by atoms with Crippen LogP contribution in [0.1, 0.15) is 29.0 Å². The Labute approximate surface area is 160 Å². The van der Waals surface area contributed by atoms with Crippen molar-refractivity contribution in [1.29, 1.82) is 0 Å². The predicted molar refractivity (Wildman–Crippen MR) is 105 cm³/mol. The van der Waals surface area contributed by atoms with Gasteiger partial charge in [-0.2, -0.15) is 0 Å². The zero-order valence-electron chi connectivity index (χ0n) is 15.8. The number of fused-ring (bicyclic) bond motifs is 2. The number of rotatable bonds is 2. The fraction of sp³-hybridized carbons (Fsp3) is 0.455. The Kier molecular flexibility index (Phi) is 4.42. The van der Waals surface area contributed by atoms with Crippen LogP contribution in [-0.2, 0) is 11.3 Å². The molecule has 2 aromatic carbocycles. The van der Waals surface area contributed by atoms with Gasteiger partial charge in [0.2, 0.25) is 6.79 Å². The van der Waals surface area contributed by atoms with Crippen LogP contribution in [0.25, 0.3) is 0 Å². The number of benzene rings is 2. The normalized spacial score (nSPS) is 22.4. The number of nitrogens with zero attached hydrogens (tertiary/aromatic N) is 2. The van der Waals surface area contributed by atoms with E-state index in [1.54, 1.807) is 0 Å². The van der Waals surface area contributed by atoms with Crippen LogP contribution in [0.5, 0.6) is 11.5 Å². The van der Waals surface area contributed by atoms with Gasteiger partial charge in [-0.3, -0.25) is 0 Å². The quantitative estimate of drug-likeness (QED) is 0.815. The standard InChI is InChI=1S/C22H26N2O3/c1-23-7-6-20(16-2-5-21-22(13-16)27-15-26-21)19-4-3-18(12-17(19)14-23)24-8-10-25-11-9-24/h2-5,12-13,20H,6-11,14-15H2,1H3. The first-order valence-electron chi connectivity index (χ1n) is 9.81. The van der Waals surface area contributed by atoms with Gasteiger partial charge < -0.3 is 24.0 Å². The zero-order valence-corrected chi connectivity index (χ0v) is 15.8. The highest BCUT2D eigenvalue weighted by molar-refractivity contribution is 5.55. The second-order valence-corrected chi connectivity index (χ2v) is 7.67. The van der Waals surface area contributed by atoms with Gasteiger partial charge in [-0.1, -0.05) is 12.1 Å². The van der Waals surface area contributed by atoms with Crippen LogP contribution in [0.2, 0.25) is 0 Å². The van der Waals surface area contributed by atoms with E-state index in [-0.39, 0.29) is 0 Å². The van der Waals surface area contributed by atoms with E-state index in [1.165, 1.54) is 22.4 Å². The number of ether oxygens (including phenoxy) is 3. The first-order valence-corrected chi connectivity index (χ1v) is 9.81. The molecule has 3 aliphatic rings. The molecule has 2 aromatic rings. The lowest BCUT2D eigenvalue weighted by Crippen LogP contribution is -2.36. The SMILES string of the molecule is CN1CCC(c2ccc3c(c2)OCO3)c2ccc(N3CCOCC3)cc2C1. The molecule has 5 rings (SSSR count). The molecule has 5 heteroatoms. The monoisotopic (exact) mass is 366 g/mol. The molecule has 0 aliphatic carbocycles. The Morgan fingerprint density at radius 2 is 1.78 bits per heavy atom. The van der Waals surface area contributed by atoms with Crippen molar-refractivity contribution in [2.24, 2.45) is 0 Å². The van der Waals surface area contributed by atoms with Crippen molar-refractivity contribution in [3.05, 3.63) is 53.1 Å². The Bertz CT molecular complexity index is 832. The second-order valence-electron chi connectivity index (χ2n) is 7.67. The minimum Gasteiger partial charge on any atom is -0.454 e. The van der Waals surface area contributed by atoms with Crippen LogP contribution in [0, 0.1) is 0 Å². The summed E-state index contributed by atoms with van der Waals surface area (Å²) in [7, 11) is 2.22. The lowest BCUT2D eigenvalue weighted by Gasteiger charge is -2.30. The minimum atomic E-state index is 0.325. The van der Waals surface area contributed by atoms with Gasteiger partial charge in [0.1, 0.15) is 0 Å². The maximum absolute atomic E-state index is 5.62. The van der Waals surface area contributed by atoms with E-state index >= 15 is 0 Å². The largest absolute Gasteiger partial charge is 0.454 e. The van der Waals surface area contributed by atoms with Crippen LogP contribution in [0.4, 0.5) is 5.69 Å². The van der Waals surface area contributed by atoms with Crippen LogP contribution >= 0.6 is 0 Å². The highest BCUT2D eigenvalue weighted by Gasteiger charge is 2.25. The van der Waals surface area contributed by atoms with Gasteiger partial charge >= 0.3 is 0 Å². The lowest BCUT2D eigenvalue weighted by molar-refractivity contribution is 0.122. The summed E-state index contributed by atoms with van der Waals surface area (Å²) >= 11 is 0. The fourth-order valence-electron chi connectivity index (χ4n) is 4.44. The molecular formula is C22H26N2O3. The zero-order chi connectivity index (χ0) is 18.2. The van der Waals surface area contributed by atoms with E-state index < -0.39 is 0 Å². The van der Waals surface area contributed by atoms with Crippen LogP contribution in [0.15, 0.2) is 36.4 Å². The van der Waals surface area contributed by atoms with Crippen LogP contribution < -0.4 is 14.4 Å². The van der Waals surface area contributed by atoms with E-state index in [2.05, 4.69) is 47.2 Å². The van der Waals surface area contributed by atoms with Gasteiger partial charge in [0, 0.05) is 31.2 Å². The van der Waals surface area contributed by atoms with Crippen LogP contribution in [0.3, 0.4) is 0 Å². The summed E-state index contributed by atoms with van der Waals surface area (Å²) < 4.78 is 16.6. The first-order chi connectivity index (χ1) is 13.3. The average molecular weight is 366 g/mol. The summed E-state index contributed by atoms with van der Waals surface area (Å²) in [5, 5.41) is 0. The van der Waals surface area contributed by atoms with Crippen molar-refractivity contribution in [2.75, 3.05) is 51.6 Å². The third-order valence-electron chi connectivity index (χ3n) is 5.92. The molecule has 1 fully saturated rings. The molecule has 3 aliphatic heterocycles. The van der Waals surface area contributed by atoms with Crippen LogP contribution in [-0.4, -0.2) is 51.6 Å². The van der Waals surface area contributed by atoms with E-state index in [0.717, 1.165) is 57.3 Å². The molecule has 0 saturated carbocycles. The van der Waals surface area contributed by atoms with Crippen molar-refractivity contribution in [3.63, 3.8) is 0 Å². The molecule has 0 amide bonds. The predicted octanol–water partition coefficient (Wildman–Crippen LogP) is 3.22. The second kappa shape index (κ2) is 7.06. The number of morpholine rings is 1. The van der Waals surface area contributed by atoms with Gasteiger partial charge in [-0.25, -0.2) is 0 Å². The Balaban J connectivity index is 1.51. The molecule has 0 bridgehead atoms. The highest BCUT2D eigenvalue weighted by atomic mass is 16.7. The van der Waals surface area contributed by atoms with Crippen molar-refractivity contribution in [3.8, 4) is 11.5 Å². The summed E-state index contributed by atoms with van der Waals surface area (Å²) in [6, 6.07) is 13.4. The molecule has 3 heterocycles. The summed E-state index contributed by atoms with van der Waals surface area (Å²) in [5.74, 6) is 2.11. The highest BCUT2D eigenvalue weighted by Crippen LogP contribution is 2.40. The minimum absolute atomic E-state index is 0.325. The number of hydrogen-bond acceptors (Lipinski definition) is 5. The van der Waals surface area contributed by atoms with Gasteiger partial charge in [-0.15, -0.1) is 0 Å². The third kappa shape index (κ3) is 3.26. The third-order valence-corrected chi connectivity index (χ3v) is 5.92. The van der Waals surface area contributed by atoms with E-state index in [9.17, 15) is 0 Å². The first kappa shape index (κ1) is 16.9. The molecule has 0 radical (unpaired) electrons. The molecule has 27 heavy (non-hydrogen) atoms. The van der Waals surface area contributed by atoms with Gasteiger partial charge in [0.05, 0.1) is 13.2 Å². The van der Waals surface area contributed by atoms with Crippen molar-refractivity contribution in [2.45, 2.75) is 18.9 Å². The van der Waals surface area contributed by atoms with E-state index in [4.69, 9.17) is 14.2 Å². The molecule has 1 atom stereocenters. The summed E-state index contributed by atoms with van der Waals surface area (Å²) in [6.45, 7) is 5.98. The van der Waals surface area contributed by atoms with E-state index in [0.29, 0.717) is 12.7 Å². The molecule has 0 aromatic heterocycles. The lowest BCUT2D eigenvalue weighted by atomic mass is 9.86. The summed E-state index contributed by atoms with van der Waals surface area (Å²) in [6.07, 6.45) is 1.11. The Hall–Kier alpha value is -2.24. The average Bonchev–Trinajstić information content (AvgIpc) is 3.10. The molecule has 142 valence electrons. The van der Waals surface area contributed by atoms with Gasteiger partial charge in [0.25, 0.3) is 0 Å². The maximum atomic E-state index is 5.62. The molecule has 1 unspecified atom stereocenters. The van der Waals surface area contributed by atoms with Gasteiger partial charge in [-0.05, 0) is 61.0 Å². The number of anilines is 1.